The molecular formula is C11H13N5O2. The van der Waals surface area contributed by atoms with Crippen LogP contribution in [-0.2, 0) is 6.54 Å². The number of carbonyl (C=O) groups is 1. The number of amides is 1. The van der Waals surface area contributed by atoms with Crippen molar-refractivity contribution in [3.63, 3.8) is 0 Å². The van der Waals surface area contributed by atoms with Crippen molar-refractivity contribution < 1.29 is 4.79 Å². The molecule has 18 heavy (non-hydrogen) atoms. The number of hydrogen-bond donors (Lipinski definition) is 2. The number of aromatic nitrogens is 4. The van der Waals surface area contributed by atoms with E-state index in [0.29, 0.717) is 13.1 Å². The Morgan fingerprint density at radius 2 is 2.39 bits per heavy atom. The number of nitrogens with zero attached hydrogens (tertiary/aromatic N) is 3. The van der Waals surface area contributed by atoms with Gasteiger partial charge in [-0.15, -0.1) is 5.10 Å². The van der Waals surface area contributed by atoms with Gasteiger partial charge in [-0.2, -0.15) is 0 Å². The molecule has 0 unspecified atom stereocenters. The van der Waals surface area contributed by atoms with Gasteiger partial charge in [-0.05, 0) is 6.42 Å². The molecule has 0 radical (unpaired) electrons. The third kappa shape index (κ3) is 3.03. The van der Waals surface area contributed by atoms with E-state index in [9.17, 15) is 9.59 Å². The van der Waals surface area contributed by atoms with E-state index >= 15 is 0 Å². The molecule has 0 aliphatic heterocycles. The molecule has 0 atom stereocenters. The van der Waals surface area contributed by atoms with Crippen molar-refractivity contribution in [3.8, 4) is 0 Å². The molecule has 7 heteroatoms. The minimum absolute atomic E-state index is 0.123. The number of nitrogens with one attached hydrogen (secondary N) is 2. The zero-order valence-corrected chi connectivity index (χ0v) is 9.67. The van der Waals surface area contributed by atoms with Crippen LogP contribution in [0.4, 0.5) is 0 Å². The summed E-state index contributed by atoms with van der Waals surface area (Å²) < 4.78 is 1.68. The average molecular weight is 247 g/mol. The van der Waals surface area contributed by atoms with E-state index in [0.717, 1.165) is 6.42 Å². The maximum absolute atomic E-state index is 11.7. The van der Waals surface area contributed by atoms with E-state index in [1.165, 1.54) is 18.5 Å². The molecule has 7 nitrogen and oxygen atoms in total. The van der Waals surface area contributed by atoms with Crippen molar-refractivity contribution in [2.75, 3.05) is 6.54 Å². The molecule has 0 spiro atoms. The lowest BCUT2D eigenvalue weighted by Gasteiger charge is -2.04. The summed E-state index contributed by atoms with van der Waals surface area (Å²) >= 11 is 0. The summed E-state index contributed by atoms with van der Waals surface area (Å²) in [6.45, 7) is 1.15. The Balaban J connectivity index is 1.79. The zero-order valence-electron chi connectivity index (χ0n) is 9.67. The van der Waals surface area contributed by atoms with Crippen LogP contribution in [0.5, 0.6) is 0 Å². The highest BCUT2D eigenvalue weighted by Gasteiger charge is 2.07. The Bertz CT molecular complexity index is 561. The number of pyridine rings is 1. The lowest BCUT2D eigenvalue weighted by Crippen LogP contribution is -2.29. The van der Waals surface area contributed by atoms with Gasteiger partial charge >= 0.3 is 0 Å². The molecule has 2 heterocycles. The van der Waals surface area contributed by atoms with Crippen LogP contribution in [0.3, 0.4) is 0 Å². The normalized spacial score (nSPS) is 10.2. The molecule has 0 aliphatic carbocycles. The predicted octanol–water partition coefficient (Wildman–Crippen LogP) is -0.214. The van der Waals surface area contributed by atoms with Crippen LogP contribution in [0.1, 0.15) is 16.8 Å². The van der Waals surface area contributed by atoms with E-state index in [4.69, 9.17) is 0 Å². The molecule has 2 N–H and O–H groups in total. The van der Waals surface area contributed by atoms with Crippen molar-refractivity contribution in [1.29, 1.82) is 0 Å². The monoisotopic (exact) mass is 247 g/mol. The fourth-order valence-electron chi connectivity index (χ4n) is 1.48. The number of carbonyl (C=O) groups excluding carboxylic acids is 1. The van der Waals surface area contributed by atoms with Gasteiger partial charge in [-0.25, -0.2) is 0 Å². The average Bonchev–Trinajstić information content (AvgIpc) is 2.88. The van der Waals surface area contributed by atoms with Gasteiger partial charge in [0.2, 0.25) is 0 Å². The molecule has 0 aromatic carbocycles. The maximum Gasteiger partial charge on any atom is 0.256 e. The number of aromatic amines is 1. The molecule has 0 fully saturated rings. The second-order valence-electron chi connectivity index (χ2n) is 3.70. The molecule has 0 aliphatic rings. The molecule has 2 aromatic rings. The summed E-state index contributed by atoms with van der Waals surface area (Å²) in [5.41, 5.74) is -0.166. The van der Waals surface area contributed by atoms with Gasteiger partial charge in [0, 0.05) is 37.7 Å². The van der Waals surface area contributed by atoms with Crippen LogP contribution in [0, 0.1) is 0 Å². The van der Waals surface area contributed by atoms with Gasteiger partial charge in [0.1, 0.15) is 5.56 Å². The van der Waals surface area contributed by atoms with Crippen LogP contribution >= 0.6 is 0 Å². The molecule has 0 saturated carbocycles. The SMILES string of the molecule is O=C(NCCCn1ccnn1)c1c[nH]ccc1=O. The maximum atomic E-state index is 11.7. The lowest BCUT2D eigenvalue weighted by molar-refractivity contribution is 0.0951. The van der Waals surface area contributed by atoms with Crippen molar-refractivity contribution in [2.45, 2.75) is 13.0 Å². The third-order valence-corrected chi connectivity index (χ3v) is 2.39. The van der Waals surface area contributed by atoms with E-state index in [1.807, 2.05) is 0 Å². The fraction of sp³-hybridized carbons (Fsp3) is 0.273. The molecule has 1 amide bonds. The molecular weight excluding hydrogens is 234 g/mol. The van der Waals surface area contributed by atoms with Gasteiger partial charge in [-0.3, -0.25) is 14.3 Å². The number of aryl methyl sites for hydroxylation is 1. The Hall–Kier alpha value is -2.44. The van der Waals surface area contributed by atoms with Crippen LogP contribution < -0.4 is 10.7 Å². The first-order valence-electron chi connectivity index (χ1n) is 5.57. The summed E-state index contributed by atoms with van der Waals surface area (Å²) in [5, 5.41) is 10.2. The highest BCUT2D eigenvalue weighted by atomic mass is 16.2. The van der Waals surface area contributed by atoms with Crippen LogP contribution in [0.2, 0.25) is 0 Å². The summed E-state index contributed by atoms with van der Waals surface area (Å²) in [7, 11) is 0. The second kappa shape index (κ2) is 5.76. The van der Waals surface area contributed by atoms with Gasteiger partial charge in [0.25, 0.3) is 5.91 Å². The Morgan fingerprint density at radius 3 is 3.11 bits per heavy atom. The Kier molecular flexibility index (Phi) is 3.85. The van der Waals surface area contributed by atoms with E-state index in [2.05, 4.69) is 20.6 Å². The first-order chi connectivity index (χ1) is 8.77. The van der Waals surface area contributed by atoms with Crippen LogP contribution in [-0.4, -0.2) is 32.4 Å². The molecule has 94 valence electrons. The zero-order chi connectivity index (χ0) is 12.8. The quantitative estimate of drug-likeness (QED) is 0.715. The van der Waals surface area contributed by atoms with E-state index < -0.39 is 0 Å². The molecule has 2 rings (SSSR count). The first-order valence-corrected chi connectivity index (χ1v) is 5.57. The second-order valence-corrected chi connectivity index (χ2v) is 3.70. The predicted molar refractivity (Wildman–Crippen MR) is 64.0 cm³/mol. The number of hydrogen-bond acceptors (Lipinski definition) is 4. The molecule has 0 saturated heterocycles. The van der Waals surface area contributed by atoms with Gasteiger partial charge in [0.05, 0.1) is 6.20 Å². The van der Waals surface area contributed by atoms with Crippen molar-refractivity contribution in [1.82, 2.24) is 25.3 Å². The fourth-order valence-corrected chi connectivity index (χ4v) is 1.48. The number of rotatable bonds is 5. The summed E-state index contributed by atoms with van der Waals surface area (Å²) in [6.07, 6.45) is 6.96. The highest BCUT2D eigenvalue weighted by Crippen LogP contribution is 1.90. The Labute approximate surface area is 103 Å². The summed E-state index contributed by atoms with van der Waals surface area (Å²) in [6, 6.07) is 1.32. The summed E-state index contributed by atoms with van der Waals surface area (Å²) in [5.74, 6) is -0.365. The van der Waals surface area contributed by atoms with Crippen LogP contribution in [0.25, 0.3) is 0 Å². The minimum Gasteiger partial charge on any atom is -0.367 e. The van der Waals surface area contributed by atoms with E-state index in [1.54, 1.807) is 17.1 Å². The van der Waals surface area contributed by atoms with E-state index in [-0.39, 0.29) is 16.9 Å². The van der Waals surface area contributed by atoms with Crippen molar-refractivity contribution in [2.24, 2.45) is 0 Å². The van der Waals surface area contributed by atoms with Crippen LogP contribution in [0.15, 0.2) is 35.6 Å². The van der Waals surface area contributed by atoms with Gasteiger partial charge in [-0.1, -0.05) is 5.21 Å². The number of H-pyrrole nitrogens is 1. The topological polar surface area (TPSA) is 92.7 Å². The summed E-state index contributed by atoms with van der Waals surface area (Å²) in [4.78, 5) is 25.8. The van der Waals surface area contributed by atoms with Gasteiger partial charge < -0.3 is 10.3 Å². The van der Waals surface area contributed by atoms with Gasteiger partial charge in [0.15, 0.2) is 5.43 Å². The minimum atomic E-state index is -0.365. The largest absolute Gasteiger partial charge is 0.367 e. The Morgan fingerprint density at radius 1 is 1.50 bits per heavy atom. The molecule has 0 bridgehead atoms. The smallest absolute Gasteiger partial charge is 0.256 e. The highest BCUT2D eigenvalue weighted by molar-refractivity contribution is 5.93. The van der Waals surface area contributed by atoms with Crippen molar-refractivity contribution >= 4 is 5.91 Å². The molecule has 2 aromatic heterocycles. The van der Waals surface area contributed by atoms with Crippen molar-refractivity contribution in [3.05, 3.63) is 46.6 Å². The standard InChI is InChI=1S/C11H13N5O2/c17-10-2-4-12-8-9(10)11(18)13-3-1-6-16-7-5-14-15-16/h2,4-5,7-8H,1,3,6H2,(H,12,17)(H,13,18). The first kappa shape index (κ1) is 12.0. The third-order valence-electron chi connectivity index (χ3n) is 2.39. The lowest BCUT2D eigenvalue weighted by atomic mass is 10.2.